The predicted molar refractivity (Wildman–Crippen MR) is 87.2 cm³/mol. The highest BCUT2D eigenvalue weighted by Crippen LogP contribution is 2.28. The Hall–Kier alpha value is -1.46. The average Bonchev–Trinajstić information content (AvgIpc) is 3.01. The first kappa shape index (κ1) is 13.5. The van der Waals surface area contributed by atoms with E-state index in [1.165, 1.54) is 10.4 Å². The van der Waals surface area contributed by atoms with Gasteiger partial charge in [-0.2, -0.15) is 0 Å². The summed E-state index contributed by atoms with van der Waals surface area (Å²) in [5.74, 6) is 0. The third-order valence-electron chi connectivity index (χ3n) is 3.54. The van der Waals surface area contributed by atoms with Gasteiger partial charge in [-0.15, -0.1) is 11.3 Å². The van der Waals surface area contributed by atoms with Crippen LogP contribution in [-0.4, -0.2) is 14.5 Å². The Morgan fingerprint density at radius 3 is 2.95 bits per heavy atom. The molecule has 104 valence electrons. The summed E-state index contributed by atoms with van der Waals surface area (Å²) < 4.78 is 2.92. The molecule has 20 heavy (non-hydrogen) atoms. The van der Waals surface area contributed by atoms with Crippen LogP contribution in [0.3, 0.4) is 0 Å². The van der Waals surface area contributed by atoms with Gasteiger partial charge < -0.3 is 9.55 Å². The lowest BCUT2D eigenvalue weighted by Crippen LogP contribution is -2.06. The summed E-state index contributed by atoms with van der Waals surface area (Å²) >= 11 is 7.26. The van der Waals surface area contributed by atoms with Crippen molar-refractivity contribution >= 4 is 34.6 Å². The van der Waals surface area contributed by atoms with E-state index in [2.05, 4.69) is 53.5 Å². The van der Waals surface area contributed by atoms with Crippen molar-refractivity contribution in [1.29, 1.82) is 0 Å². The first-order valence-electron chi connectivity index (χ1n) is 6.75. The van der Waals surface area contributed by atoms with E-state index >= 15 is 0 Å². The molecule has 0 bridgehead atoms. The molecule has 0 radical (unpaired) electrons. The van der Waals surface area contributed by atoms with Gasteiger partial charge in [0.1, 0.15) is 5.01 Å². The Bertz CT molecular complexity index is 810. The summed E-state index contributed by atoms with van der Waals surface area (Å²) in [6.07, 6.45) is 3.00. The van der Waals surface area contributed by atoms with Crippen molar-refractivity contribution in [1.82, 2.24) is 14.5 Å². The van der Waals surface area contributed by atoms with Crippen LogP contribution < -0.4 is 0 Å². The Balaban J connectivity index is 2.15. The fourth-order valence-electron chi connectivity index (χ4n) is 2.41. The maximum absolute atomic E-state index is 5.49. The highest BCUT2D eigenvalue weighted by molar-refractivity contribution is 7.71. The second kappa shape index (κ2) is 5.14. The third kappa shape index (κ3) is 2.21. The molecule has 0 saturated heterocycles. The van der Waals surface area contributed by atoms with Gasteiger partial charge in [0, 0.05) is 11.1 Å². The van der Waals surface area contributed by atoms with Gasteiger partial charge in [-0.25, -0.2) is 4.98 Å². The lowest BCUT2D eigenvalue weighted by atomic mass is 10.2. The van der Waals surface area contributed by atoms with Crippen LogP contribution in [0.1, 0.15) is 35.3 Å². The third-order valence-corrected chi connectivity index (χ3v) is 5.15. The monoisotopic (exact) mass is 303 g/mol. The summed E-state index contributed by atoms with van der Waals surface area (Å²) in [5.41, 5.74) is 3.47. The van der Waals surface area contributed by atoms with Crippen LogP contribution in [0.5, 0.6) is 0 Å². The van der Waals surface area contributed by atoms with Crippen molar-refractivity contribution in [2.75, 3.05) is 0 Å². The molecule has 3 rings (SSSR count). The summed E-state index contributed by atoms with van der Waals surface area (Å²) in [6.45, 7) is 6.41. The highest BCUT2D eigenvalue weighted by Gasteiger charge is 2.16. The quantitative estimate of drug-likeness (QED) is 0.715. The smallest absolute Gasteiger partial charge is 0.178 e. The van der Waals surface area contributed by atoms with Gasteiger partial charge in [0.25, 0.3) is 0 Å². The van der Waals surface area contributed by atoms with E-state index in [-0.39, 0.29) is 6.04 Å². The van der Waals surface area contributed by atoms with E-state index in [1.807, 2.05) is 6.20 Å². The van der Waals surface area contributed by atoms with E-state index in [1.54, 1.807) is 11.3 Å². The molecule has 3 nitrogen and oxygen atoms in total. The lowest BCUT2D eigenvalue weighted by molar-refractivity contribution is 0.644. The van der Waals surface area contributed by atoms with Gasteiger partial charge in [-0.3, -0.25) is 0 Å². The number of rotatable bonds is 3. The van der Waals surface area contributed by atoms with Gasteiger partial charge in [0.15, 0.2) is 4.77 Å². The first-order chi connectivity index (χ1) is 9.60. The molecule has 5 heteroatoms. The van der Waals surface area contributed by atoms with Crippen molar-refractivity contribution in [3.05, 3.63) is 44.6 Å². The SMILES string of the molecule is CCc1cnc(C(C)n2c(=S)[nH]c3ccc(C)cc32)s1. The molecule has 0 saturated carbocycles. The predicted octanol–water partition coefficient (Wildman–Crippen LogP) is 4.64. The molecule has 0 aliphatic carbocycles. The number of aromatic amines is 1. The molecule has 1 unspecified atom stereocenters. The van der Waals surface area contributed by atoms with Crippen LogP contribution in [0.25, 0.3) is 11.0 Å². The number of hydrogen-bond donors (Lipinski definition) is 1. The topological polar surface area (TPSA) is 33.6 Å². The van der Waals surface area contributed by atoms with Crippen molar-refractivity contribution < 1.29 is 0 Å². The first-order valence-corrected chi connectivity index (χ1v) is 7.98. The van der Waals surface area contributed by atoms with Gasteiger partial charge in [0.2, 0.25) is 0 Å². The van der Waals surface area contributed by atoms with Crippen LogP contribution in [0, 0.1) is 11.7 Å². The molecule has 0 aliphatic rings. The van der Waals surface area contributed by atoms with E-state index in [9.17, 15) is 0 Å². The number of aromatic nitrogens is 3. The summed E-state index contributed by atoms with van der Waals surface area (Å²) in [6, 6.07) is 6.51. The summed E-state index contributed by atoms with van der Waals surface area (Å²) in [7, 11) is 0. The second-order valence-electron chi connectivity index (χ2n) is 5.02. The summed E-state index contributed by atoms with van der Waals surface area (Å²) in [4.78, 5) is 9.15. The Morgan fingerprint density at radius 2 is 2.25 bits per heavy atom. The molecular formula is C15H17N3S2. The maximum atomic E-state index is 5.49. The number of imidazole rings is 1. The van der Waals surface area contributed by atoms with E-state index < -0.39 is 0 Å². The molecule has 0 spiro atoms. The Morgan fingerprint density at radius 1 is 1.45 bits per heavy atom. The zero-order valence-corrected chi connectivity index (χ0v) is 13.4. The van der Waals surface area contributed by atoms with E-state index in [0.717, 1.165) is 27.2 Å². The van der Waals surface area contributed by atoms with Crippen LogP contribution in [0.4, 0.5) is 0 Å². The van der Waals surface area contributed by atoms with Crippen molar-refractivity contribution in [2.24, 2.45) is 0 Å². The minimum atomic E-state index is 0.156. The number of nitrogens with zero attached hydrogens (tertiary/aromatic N) is 2. The van der Waals surface area contributed by atoms with Gasteiger partial charge in [-0.05, 0) is 50.2 Å². The zero-order chi connectivity index (χ0) is 14.3. The van der Waals surface area contributed by atoms with Gasteiger partial charge >= 0.3 is 0 Å². The van der Waals surface area contributed by atoms with Gasteiger partial charge in [-0.1, -0.05) is 13.0 Å². The number of fused-ring (bicyclic) bond motifs is 1. The van der Waals surface area contributed by atoms with Crippen molar-refractivity contribution in [2.45, 2.75) is 33.2 Å². The fraction of sp³-hybridized carbons (Fsp3) is 0.333. The number of aryl methyl sites for hydroxylation is 2. The fourth-order valence-corrected chi connectivity index (χ4v) is 3.67. The molecule has 3 aromatic rings. The molecule has 2 heterocycles. The standard InChI is InChI=1S/C15H17N3S2/c1-4-11-8-16-14(20-11)10(3)18-13-7-9(2)5-6-12(13)17-15(18)19/h5-8,10H,4H2,1-3H3,(H,17,19). The van der Waals surface area contributed by atoms with Gasteiger partial charge in [0.05, 0.1) is 17.1 Å². The molecule has 1 N–H and O–H groups in total. The molecular weight excluding hydrogens is 286 g/mol. The highest BCUT2D eigenvalue weighted by atomic mass is 32.1. The average molecular weight is 303 g/mol. The zero-order valence-electron chi connectivity index (χ0n) is 11.8. The Kier molecular flexibility index (Phi) is 3.48. The minimum Gasteiger partial charge on any atom is -0.331 e. The number of nitrogens with one attached hydrogen (secondary N) is 1. The van der Waals surface area contributed by atoms with E-state index in [4.69, 9.17) is 12.2 Å². The molecule has 0 aliphatic heterocycles. The number of hydrogen-bond acceptors (Lipinski definition) is 3. The normalized spacial score (nSPS) is 12.9. The number of benzene rings is 1. The van der Waals surface area contributed by atoms with Crippen LogP contribution in [-0.2, 0) is 6.42 Å². The number of thiazole rings is 1. The van der Waals surface area contributed by atoms with E-state index in [0.29, 0.717) is 0 Å². The summed E-state index contributed by atoms with van der Waals surface area (Å²) in [5, 5.41) is 1.11. The molecule has 0 amide bonds. The molecule has 2 aromatic heterocycles. The van der Waals surface area contributed by atoms with Crippen LogP contribution in [0.15, 0.2) is 24.4 Å². The molecule has 0 fully saturated rings. The Labute approximate surface area is 127 Å². The second-order valence-corrected chi connectivity index (χ2v) is 6.55. The largest absolute Gasteiger partial charge is 0.331 e. The molecule has 1 atom stereocenters. The van der Waals surface area contributed by atoms with Crippen LogP contribution >= 0.6 is 23.6 Å². The minimum absolute atomic E-state index is 0.156. The van der Waals surface area contributed by atoms with Crippen molar-refractivity contribution in [3.8, 4) is 0 Å². The molecule has 1 aromatic carbocycles. The van der Waals surface area contributed by atoms with Crippen molar-refractivity contribution in [3.63, 3.8) is 0 Å². The maximum Gasteiger partial charge on any atom is 0.178 e. The lowest BCUT2D eigenvalue weighted by Gasteiger charge is -2.12. The number of H-pyrrole nitrogens is 1. The van der Waals surface area contributed by atoms with Crippen LogP contribution in [0.2, 0.25) is 0 Å².